The van der Waals surface area contributed by atoms with Crippen LogP contribution in [0.25, 0.3) is 0 Å². The van der Waals surface area contributed by atoms with Crippen molar-refractivity contribution in [2.45, 2.75) is 19.0 Å². The van der Waals surface area contributed by atoms with E-state index in [0.717, 1.165) is 28.8 Å². The van der Waals surface area contributed by atoms with Gasteiger partial charge in [0, 0.05) is 20.1 Å². The van der Waals surface area contributed by atoms with Gasteiger partial charge in [-0.1, -0.05) is 12.1 Å². The normalized spacial score (nSPS) is 17.6. The Morgan fingerprint density at radius 3 is 2.37 bits per heavy atom. The van der Waals surface area contributed by atoms with Crippen LogP contribution in [0.2, 0.25) is 0 Å². The Morgan fingerprint density at radius 1 is 1.13 bits per heavy atom. The van der Waals surface area contributed by atoms with E-state index in [4.69, 9.17) is 0 Å². The molecule has 2 fully saturated rings. The van der Waals surface area contributed by atoms with Crippen LogP contribution in [0, 0.1) is 0 Å². The number of amides is 4. The molecule has 7 nitrogen and oxygen atoms in total. The highest BCUT2D eigenvalue weighted by atomic mass is 32.2. The fourth-order valence-electron chi connectivity index (χ4n) is 3.27. The van der Waals surface area contributed by atoms with E-state index in [-0.39, 0.29) is 37.4 Å². The summed E-state index contributed by atoms with van der Waals surface area (Å²) in [6, 6.07) is 4.61. The Kier molecular flexibility index (Phi) is 6.20. The van der Waals surface area contributed by atoms with Crippen molar-refractivity contribution in [2.24, 2.45) is 0 Å². The molecule has 0 unspecified atom stereocenters. The van der Waals surface area contributed by atoms with Crippen molar-refractivity contribution in [3.05, 3.63) is 45.9 Å². The summed E-state index contributed by atoms with van der Waals surface area (Å²) in [7, 11) is 1.39. The number of carbonyl (C=O) groups is 4. The summed E-state index contributed by atoms with van der Waals surface area (Å²) in [6.45, 7) is -0.126. The van der Waals surface area contributed by atoms with Crippen LogP contribution in [-0.2, 0) is 15.8 Å². The third-order valence-electron chi connectivity index (χ3n) is 4.87. The first-order chi connectivity index (χ1) is 14.1. The molecule has 4 amide bonds. The molecule has 0 atom stereocenters. The summed E-state index contributed by atoms with van der Waals surface area (Å²) < 4.78 is 39.6. The molecule has 0 aliphatic carbocycles. The zero-order chi connectivity index (χ0) is 22.1. The Morgan fingerprint density at radius 2 is 1.77 bits per heavy atom. The van der Waals surface area contributed by atoms with Crippen molar-refractivity contribution in [3.8, 4) is 0 Å². The summed E-state index contributed by atoms with van der Waals surface area (Å²) in [5, 5.41) is 1.79. The van der Waals surface area contributed by atoms with Crippen molar-refractivity contribution in [1.29, 1.82) is 0 Å². The number of carbonyl (C=O) groups excluding carboxylic acids is 4. The number of alkyl halides is 3. The quantitative estimate of drug-likeness (QED) is 0.729. The van der Waals surface area contributed by atoms with Crippen LogP contribution in [0.4, 0.5) is 18.0 Å². The van der Waals surface area contributed by atoms with Crippen LogP contribution >= 0.6 is 11.8 Å². The van der Waals surface area contributed by atoms with Gasteiger partial charge in [-0.05, 0) is 42.3 Å². The maximum absolute atomic E-state index is 13.2. The Balaban J connectivity index is 1.73. The number of imide groups is 1. The van der Waals surface area contributed by atoms with Crippen molar-refractivity contribution in [3.63, 3.8) is 0 Å². The third-order valence-corrected chi connectivity index (χ3v) is 5.93. The van der Waals surface area contributed by atoms with E-state index in [1.807, 2.05) is 0 Å². The lowest BCUT2D eigenvalue weighted by Crippen LogP contribution is -2.39. The average Bonchev–Trinajstić information content (AvgIpc) is 3.00. The molecular weight excluding hydrogens is 423 g/mol. The number of nitrogens with zero attached hydrogens (tertiary/aromatic N) is 2. The Labute approximate surface area is 174 Å². The van der Waals surface area contributed by atoms with Gasteiger partial charge in [0.15, 0.2) is 0 Å². The van der Waals surface area contributed by atoms with E-state index in [9.17, 15) is 32.3 Å². The topological polar surface area (TPSA) is 86.8 Å². The van der Waals surface area contributed by atoms with Crippen molar-refractivity contribution >= 4 is 34.7 Å². The second kappa shape index (κ2) is 8.50. The number of benzene rings is 1. The predicted molar refractivity (Wildman–Crippen MR) is 102 cm³/mol. The van der Waals surface area contributed by atoms with Crippen LogP contribution < -0.4 is 5.32 Å². The van der Waals surface area contributed by atoms with Crippen molar-refractivity contribution in [2.75, 3.05) is 26.7 Å². The Bertz CT molecular complexity index is 935. The minimum absolute atomic E-state index is 0.126. The number of thioether (sulfide) groups is 1. The van der Waals surface area contributed by atoms with Gasteiger partial charge in [0.1, 0.15) is 6.54 Å². The molecule has 2 saturated heterocycles. The van der Waals surface area contributed by atoms with E-state index in [2.05, 4.69) is 5.32 Å². The molecule has 2 heterocycles. The van der Waals surface area contributed by atoms with Gasteiger partial charge < -0.3 is 10.2 Å². The van der Waals surface area contributed by atoms with Gasteiger partial charge in [-0.15, -0.1) is 0 Å². The molecule has 2 aliphatic heterocycles. The zero-order valence-corrected chi connectivity index (χ0v) is 16.7. The first kappa shape index (κ1) is 21.9. The summed E-state index contributed by atoms with van der Waals surface area (Å²) in [5.74, 6) is -1.77. The molecule has 0 aromatic heterocycles. The average molecular weight is 441 g/mol. The van der Waals surface area contributed by atoms with Gasteiger partial charge in [-0.25, -0.2) is 0 Å². The molecule has 2 aliphatic rings. The predicted octanol–water partition coefficient (Wildman–Crippen LogP) is 2.64. The molecule has 0 saturated carbocycles. The highest BCUT2D eigenvalue weighted by Crippen LogP contribution is 2.37. The standard InChI is InChI=1S/C19H18F3N3O4S/c1-23-14(26)10-25-17(28)15(30-18(25)29)11-6-8-24(9-7-11)16(27)12-4-2-3-5-13(12)19(20,21)22/h2-5H,6-10H2,1H3,(H,23,26). The van der Waals surface area contributed by atoms with E-state index in [1.54, 1.807) is 0 Å². The fourth-order valence-corrected chi connectivity index (χ4v) is 4.25. The van der Waals surface area contributed by atoms with Crippen LogP contribution in [0.3, 0.4) is 0 Å². The van der Waals surface area contributed by atoms with Gasteiger partial charge in [-0.3, -0.25) is 24.1 Å². The van der Waals surface area contributed by atoms with Gasteiger partial charge in [0.25, 0.3) is 17.1 Å². The van der Waals surface area contributed by atoms with E-state index >= 15 is 0 Å². The molecule has 11 heteroatoms. The largest absolute Gasteiger partial charge is 0.417 e. The number of likely N-dealkylation sites (N-methyl/N-ethyl adjacent to an activating group) is 1. The number of hydrogen-bond donors (Lipinski definition) is 1. The SMILES string of the molecule is CNC(=O)CN1C(=O)SC(=C2CCN(C(=O)c3ccccc3C(F)(F)F)CC2)C1=O. The minimum atomic E-state index is -4.64. The number of rotatable bonds is 3. The van der Waals surface area contributed by atoms with Gasteiger partial charge in [0.2, 0.25) is 5.91 Å². The maximum atomic E-state index is 13.2. The number of halogens is 3. The Hall–Kier alpha value is -2.82. The molecule has 1 aromatic rings. The number of nitrogens with one attached hydrogen (secondary N) is 1. The summed E-state index contributed by atoms with van der Waals surface area (Å²) in [6.07, 6.45) is -4.12. The lowest BCUT2D eigenvalue weighted by Gasteiger charge is -2.29. The molecular formula is C19H18F3N3O4S. The van der Waals surface area contributed by atoms with Gasteiger partial charge >= 0.3 is 6.18 Å². The van der Waals surface area contributed by atoms with Crippen LogP contribution in [0.5, 0.6) is 0 Å². The third kappa shape index (κ3) is 4.35. The summed E-state index contributed by atoms with van der Waals surface area (Å²) in [4.78, 5) is 51.1. The first-order valence-corrected chi connectivity index (χ1v) is 9.87. The first-order valence-electron chi connectivity index (χ1n) is 9.05. The zero-order valence-electron chi connectivity index (χ0n) is 15.9. The number of piperidine rings is 1. The smallest absolute Gasteiger partial charge is 0.358 e. The van der Waals surface area contributed by atoms with E-state index in [1.165, 1.54) is 24.1 Å². The summed E-state index contributed by atoms with van der Waals surface area (Å²) >= 11 is 0.737. The number of hydrogen-bond acceptors (Lipinski definition) is 5. The molecule has 1 aromatic carbocycles. The van der Waals surface area contributed by atoms with Gasteiger partial charge in [0.05, 0.1) is 16.0 Å². The highest BCUT2D eigenvalue weighted by molar-refractivity contribution is 8.18. The second-order valence-electron chi connectivity index (χ2n) is 6.70. The van der Waals surface area contributed by atoms with Crippen molar-refractivity contribution < 1.29 is 32.3 Å². The lowest BCUT2D eigenvalue weighted by atomic mass is 10.0. The van der Waals surface area contributed by atoms with Crippen molar-refractivity contribution in [1.82, 2.24) is 15.1 Å². The molecule has 30 heavy (non-hydrogen) atoms. The molecule has 0 bridgehead atoms. The van der Waals surface area contributed by atoms with Gasteiger partial charge in [-0.2, -0.15) is 13.2 Å². The lowest BCUT2D eigenvalue weighted by molar-refractivity contribution is -0.138. The van der Waals surface area contributed by atoms with E-state index in [0.29, 0.717) is 5.57 Å². The molecule has 3 rings (SSSR count). The molecule has 0 radical (unpaired) electrons. The molecule has 1 N–H and O–H groups in total. The van der Waals surface area contributed by atoms with E-state index < -0.39 is 40.3 Å². The second-order valence-corrected chi connectivity index (χ2v) is 7.66. The van der Waals surface area contributed by atoms with Crippen LogP contribution in [-0.4, -0.2) is 59.4 Å². The molecule has 160 valence electrons. The maximum Gasteiger partial charge on any atom is 0.417 e. The van der Waals surface area contributed by atoms with Crippen LogP contribution in [0.15, 0.2) is 34.7 Å². The van der Waals surface area contributed by atoms with Crippen LogP contribution in [0.1, 0.15) is 28.8 Å². The number of likely N-dealkylation sites (tertiary alicyclic amines) is 1. The monoisotopic (exact) mass is 441 g/mol. The fraction of sp³-hybridized carbons (Fsp3) is 0.368. The highest BCUT2D eigenvalue weighted by Gasteiger charge is 2.39. The summed E-state index contributed by atoms with van der Waals surface area (Å²) in [5.41, 5.74) is -0.749. The minimum Gasteiger partial charge on any atom is -0.358 e. The molecule has 0 spiro atoms.